The van der Waals surface area contributed by atoms with Gasteiger partial charge >= 0.3 is 0 Å². The highest BCUT2D eigenvalue weighted by Gasteiger charge is 2.46. The second-order valence-corrected chi connectivity index (χ2v) is 17.7. The van der Waals surface area contributed by atoms with Crippen LogP contribution in [0.4, 0.5) is 11.4 Å². The van der Waals surface area contributed by atoms with Gasteiger partial charge in [-0.25, -0.2) is 0 Å². The van der Waals surface area contributed by atoms with Crippen molar-refractivity contribution in [1.82, 2.24) is 20.5 Å². The zero-order valence-electron chi connectivity index (χ0n) is 38.2. The second-order valence-electron chi connectivity index (χ2n) is 17.7. The zero-order chi connectivity index (χ0) is 47.2. The minimum Gasteiger partial charge on any atom is -0.382 e. The number of aryl methyl sites for hydroxylation is 1. The minimum absolute atomic E-state index is 0.00786. The molecule has 3 aliphatic heterocycles. The number of aromatic amines is 1. The molecule has 1 aliphatic carbocycles. The van der Waals surface area contributed by atoms with E-state index in [0.29, 0.717) is 76.2 Å². The van der Waals surface area contributed by atoms with Crippen molar-refractivity contribution in [3.63, 3.8) is 0 Å². The van der Waals surface area contributed by atoms with Crippen LogP contribution < -0.4 is 20.9 Å². The van der Waals surface area contributed by atoms with Crippen molar-refractivity contribution in [2.45, 2.75) is 76.8 Å². The van der Waals surface area contributed by atoms with Crippen molar-refractivity contribution in [2.75, 3.05) is 82.7 Å². The molecule has 17 heteroatoms. The molecule has 0 spiro atoms. The van der Waals surface area contributed by atoms with Gasteiger partial charge in [-0.3, -0.25) is 39.0 Å². The molecule has 4 N–H and O–H groups in total. The molecule has 0 bridgehead atoms. The molecule has 0 saturated carbocycles. The van der Waals surface area contributed by atoms with Gasteiger partial charge in [-0.1, -0.05) is 32.9 Å². The van der Waals surface area contributed by atoms with Crippen molar-refractivity contribution in [3.8, 4) is 6.07 Å². The lowest BCUT2D eigenvalue weighted by atomic mass is 9.70. The highest BCUT2D eigenvalue weighted by molar-refractivity contribution is 6.25. The van der Waals surface area contributed by atoms with Gasteiger partial charge in [-0.15, -0.1) is 0 Å². The average Bonchev–Trinajstić information content (AvgIpc) is 3.84. The number of benzene rings is 3. The Bertz CT molecular complexity index is 2620. The Morgan fingerprint density at radius 2 is 1.54 bits per heavy atom. The normalized spacial score (nSPS) is 17.9. The van der Waals surface area contributed by atoms with Gasteiger partial charge in [0.25, 0.3) is 11.8 Å². The molecule has 67 heavy (non-hydrogen) atoms. The monoisotopic (exact) mass is 915 g/mol. The van der Waals surface area contributed by atoms with Crippen molar-refractivity contribution in [1.29, 1.82) is 5.26 Å². The fraction of sp³-hybridized carbons (Fsp3) is 0.460. The number of rotatable bonds is 20. The predicted octanol–water partition coefficient (Wildman–Crippen LogP) is 4.53. The van der Waals surface area contributed by atoms with Crippen molar-refractivity contribution in [3.05, 3.63) is 93.2 Å². The van der Waals surface area contributed by atoms with Crippen molar-refractivity contribution in [2.24, 2.45) is 0 Å². The number of aromatic nitrogens is 1. The quantitative estimate of drug-likeness (QED) is 0.0709. The number of nitriles is 1. The number of imide groups is 2. The number of H-pyrrole nitrogens is 1. The molecule has 352 valence electrons. The van der Waals surface area contributed by atoms with Crippen LogP contribution in [0, 0.1) is 11.3 Å². The average molecular weight is 916 g/mol. The largest absolute Gasteiger partial charge is 0.382 e. The Morgan fingerprint density at radius 3 is 2.22 bits per heavy atom. The van der Waals surface area contributed by atoms with E-state index in [1.165, 1.54) is 0 Å². The number of carbonyl (C=O) groups is 6. The third-order valence-electron chi connectivity index (χ3n) is 13.1. The van der Waals surface area contributed by atoms with Crippen LogP contribution in [0.5, 0.6) is 0 Å². The first-order chi connectivity index (χ1) is 32.4. The van der Waals surface area contributed by atoms with E-state index in [2.05, 4.69) is 64.8 Å². The molecule has 0 radical (unpaired) electrons. The lowest BCUT2D eigenvalue weighted by Crippen LogP contribution is -2.54. The van der Waals surface area contributed by atoms with Crippen molar-refractivity contribution < 1.29 is 47.7 Å². The van der Waals surface area contributed by atoms with Gasteiger partial charge < -0.3 is 39.5 Å². The van der Waals surface area contributed by atoms with Crippen LogP contribution in [-0.4, -0.2) is 130 Å². The molecule has 2 saturated heterocycles. The van der Waals surface area contributed by atoms with Crippen LogP contribution in [-0.2, 0) is 45.2 Å². The number of carbonyl (C=O) groups excluding carboxylic acids is 6. The predicted molar refractivity (Wildman–Crippen MR) is 247 cm³/mol. The number of fused-ring (bicyclic) bond motifs is 5. The van der Waals surface area contributed by atoms with Gasteiger partial charge in [0.2, 0.25) is 17.7 Å². The maximum atomic E-state index is 14.1. The minimum atomic E-state index is -1.03. The number of ether oxygens (including phenoxy) is 4. The lowest BCUT2D eigenvalue weighted by molar-refractivity contribution is -0.136. The number of hydrogen-bond donors (Lipinski definition) is 4. The van der Waals surface area contributed by atoms with Gasteiger partial charge in [-0.05, 0) is 73.2 Å². The Balaban J connectivity index is 0.669. The molecule has 2 fully saturated rings. The maximum absolute atomic E-state index is 14.1. The third kappa shape index (κ3) is 9.84. The molecule has 4 heterocycles. The lowest BCUT2D eigenvalue weighted by Gasteiger charge is -2.38. The van der Waals surface area contributed by atoms with E-state index >= 15 is 0 Å². The SMILES string of the molecule is CCc1cc2c(cc1N1CCC(NC(=O)CCOCCOCCOCCOCCNc3cccc4c3C(=O)N(C3CCC(=O)NC3=O)C4=O)CC1)C(C)(C)c1[nH]c3cc(C#N)ccc3c1C2=O. The third-order valence-corrected chi connectivity index (χ3v) is 13.1. The molecule has 1 aromatic heterocycles. The number of amides is 5. The summed E-state index contributed by atoms with van der Waals surface area (Å²) >= 11 is 0. The summed E-state index contributed by atoms with van der Waals surface area (Å²) < 4.78 is 22.4. The summed E-state index contributed by atoms with van der Waals surface area (Å²) in [7, 11) is 0. The first kappa shape index (κ1) is 47.1. The Morgan fingerprint density at radius 1 is 0.836 bits per heavy atom. The second kappa shape index (κ2) is 20.6. The summed E-state index contributed by atoms with van der Waals surface area (Å²) in [4.78, 5) is 83.8. The summed E-state index contributed by atoms with van der Waals surface area (Å²) in [6.07, 6.45) is 2.80. The molecule has 17 nitrogen and oxygen atoms in total. The van der Waals surface area contributed by atoms with Crippen LogP contribution in [0.15, 0.2) is 48.5 Å². The molecular formula is C50H57N7O10. The molecule has 4 aliphatic rings. The van der Waals surface area contributed by atoms with Gasteiger partial charge in [0.15, 0.2) is 5.78 Å². The van der Waals surface area contributed by atoms with Crippen LogP contribution in [0.3, 0.4) is 0 Å². The van der Waals surface area contributed by atoms with Crippen LogP contribution in [0.25, 0.3) is 10.9 Å². The molecule has 1 unspecified atom stereocenters. The summed E-state index contributed by atoms with van der Waals surface area (Å²) in [5.74, 6) is -2.24. The van der Waals surface area contributed by atoms with Crippen LogP contribution in [0.1, 0.15) is 112 Å². The van der Waals surface area contributed by atoms with E-state index < -0.39 is 35.1 Å². The number of anilines is 2. The van der Waals surface area contributed by atoms with E-state index in [-0.39, 0.29) is 48.1 Å². The summed E-state index contributed by atoms with van der Waals surface area (Å²) in [6, 6.07) is 15.9. The molecule has 3 aromatic carbocycles. The van der Waals surface area contributed by atoms with E-state index in [1.807, 2.05) is 12.1 Å². The molecular weight excluding hydrogens is 859 g/mol. The molecule has 1 atom stereocenters. The van der Waals surface area contributed by atoms with Gasteiger partial charge in [-0.2, -0.15) is 5.26 Å². The maximum Gasteiger partial charge on any atom is 0.264 e. The smallest absolute Gasteiger partial charge is 0.264 e. The van der Waals surface area contributed by atoms with E-state index in [0.717, 1.165) is 76.2 Å². The van der Waals surface area contributed by atoms with E-state index in [1.54, 1.807) is 24.3 Å². The topological polar surface area (TPSA) is 221 Å². The summed E-state index contributed by atoms with van der Waals surface area (Å²) in [6.45, 7) is 11.1. The number of nitrogens with zero attached hydrogens (tertiary/aromatic N) is 3. The number of nitrogens with one attached hydrogen (secondary N) is 4. The van der Waals surface area contributed by atoms with E-state index in [9.17, 15) is 34.0 Å². The Kier molecular flexibility index (Phi) is 14.5. The Hall–Kier alpha value is -6.45. The van der Waals surface area contributed by atoms with Crippen molar-refractivity contribution >= 4 is 57.6 Å². The number of piperidine rings is 2. The molecule has 8 rings (SSSR count). The highest BCUT2D eigenvalue weighted by atomic mass is 16.6. The Labute approximate surface area is 388 Å². The zero-order valence-corrected chi connectivity index (χ0v) is 38.2. The first-order valence-corrected chi connectivity index (χ1v) is 23.1. The number of ketones is 1. The first-order valence-electron chi connectivity index (χ1n) is 23.1. The highest BCUT2D eigenvalue weighted by Crippen LogP contribution is 2.46. The van der Waals surface area contributed by atoms with Crippen LogP contribution in [0.2, 0.25) is 0 Å². The molecule has 4 aromatic rings. The standard InChI is InChI=1S/C50H57N7O10/c1-4-31-27-35-36(50(2,3)46-44(45(35)60)33-9-8-30(29-51)26-38(33)54-46)28-40(31)56-16-12-32(13-17-56)53-42(59)14-18-64-20-22-66-24-25-67-23-21-65-19-15-52-37-7-5-6-34-43(37)49(63)57(48(34)62)39-10-11-41(58)55-47(39)61/h5-9,26-28,32,39,52,54H,4,10-25H2,1-3H3,(H,53,59)(H,55,58,61). The fourth-order valence-electron chi connectivity index (χ4n) is 9.57. The molecule has 5 amide bonds. The van der Waals surface area contributed by atoms with Gasteiger partial charge in [0.1, 0.15) is 6.04 Å². The van der Waals surface area contributed by atoms with E-state index in [4.69, 9.17) is 18.9 Å². The van der Waals surface area contributed by atoms with Gasteiger partial charge in [0.05, 0.1) is 81.2 Å². The fourth-order valence-corrected chi connectivity index (χ4v) is 9.57. The van der Waals surface area contributed by atoms with Crippen LogP contribution >= 0.6 is 0 Å². The summed E-state index contributed by atoms with van der Waals surface area (Å²) in [5, 5.41) is 18.8. The number of hydrogen-bond acceptors (Lipinski definition) is 13. The summed E-state index contributed by atoms with van der Waals surface area (Å²) in [5.41, 5.74) is 7.29. The van der Waals surface area contributed by atoms with Gasteiger partial charge in [0, 0.05) is 77.5 Å².